The average Bonchev–Trinajstić information content (AvgIpc) is 3.52. The van der Waals surface area contributed by atoms with Crippen LogP contribution < -0.4 is 5.32 Å². The van der Waals surface area contributed by atoms with Gasteiger partial charge in [-0.1, -0.05) is 91.6 Å². The quantitative estimate of drug-likeness (QED) is 0.128. The Balaban J connectivity index is 2.09. The summed E-state index contributed by atoms with van der Waals surface area (Å²) in [5.74, 6) is -1.84. The van der Waals surface area contributed by atoms with Crippen LogP contribution in [-0.4, -0.2) is 78.0 Å². The highest BCUT2D eigenvalue weighted by Gasteiger charge is 2.40. The minimum Gasteiger partial charge on any atom is -0.481 e. The summed E-state index contributed by atoms with van der Waals surface area (Å²) >= 11 is 1.61. The van der Waals surface area contributed by atoms with E-state index < -0.39 is 52.2 Å². The van der Waals surface area contributed by atoms with Crippen molar-refractivity contribution in [2.75, 3.05) is 25.4 Å². The second-order valence-corrected chi connectivity index (χ2v) is 15.4. The average molecular weight is 656 g/mol. The van der Waals surface area contributed by atoms with Gasteiger partial charge in [0, 0.05) is 24.5 Å². The highest BCUT2D eigenvalue weighted by molar-refractivity contribution is 8.04. The van der Waals surface area contributed by atoms with Crippen molar-refractivity contribution in [3.8, 4) is 0 Å². The summed E-state index contributed by atoms with van der Waals surface area (Å²) in [6.07, 6.45) is 18.6. The number of carboxylic acids is 1. The van der Waals surface area contributed by atoms with Gasteiger partial charge in [0.15, 0.2) is 0 Å². The summed E-state index contributed by atoms with van der Waals surface area (Å²) in [4.78, 5) is 41.0. The van der Waals surface area contributed by atoms with Gasteiger partial charge in [0.05, 0.1) is 11.3 Å². The fourth-order valence-electron chi connectivity index (χ4n) is 5.98. The first-order chi connectivity index (χ1) is 21.0. The number of sulfonamides is 1. The van der Waals surface area contributed by atoms with Crippen LogP contribution in [0.3, 0.4) is 0 Å². The zero-order valence-corrected chi connectivity index (χ0v) is 29.2. The van der Waals surface area contributed by atoms with Crippen LogP contribution in [0, 0.1) is 5.92 Å². The second-order valence-electron chi connectivity index (χ2n) is 12.3. The molecule has 2 atom stereocenters. The number of carbonyl (C=O) groups excluding carboxylic acids is 2. The Bertz CT molecular complexity index is 1080. The largest absolute Gasteiger partial charge is 0.481 e. The zero-order chi connectivity index (χ0) is 32.5. The molecule has 11 heteroatoms. The third-order valence-electron chi connectivity index (χ3n) is 8.38. The van der Waals surface area contributed by atoms with Gasteiger partial charge in [0.2, 0.25) is 21.8 Å². The van der Waals surface area contributed by atoms with E-state index in [-0.39, 0.29) is 11.4 Å². The summed E-state index contributed by atoms with van der Waals surface area (Å²) in [6.45, 7) is 8.58. The Morgan fingerprint density at radius 3 is 2.11 bits per heavy atom. The number of hydrogen-bond acceptors (Lipinski definition) is 6. The third-order valence-corrected chi connectivity index (χ3v) is 11.8. The molecule has 0 aromatic rings. The molecule has 0 radical (unpaired) electrons. The number of hydrogen-bond donors (Lipinski definition) is 2. The fourth-order valence-corrected chi connectivity index (χ4v) is 9.43. The highest BCUT2D eigenvalue weighted by atomic mass is 32.2. The van der Waals surface area contributed by atoms with E-state index in [9.17, 15) is 27.9 Å². The zero-order valence-electron chi connectivity index (χ0n) is 27.5. The fraction of sp³-hybridized carbons (Fsp3) is 0.788. The summed E-state index contributed by atoms with van der Waals surface area (Å²) in [5.41, 5.74) is 0. The number of unbranched alkanes of at least 4 members (excludes halogenated alkanes) is 9. The number of likely N-dealkylation sites (N-methyl/N-ethyl adjacent to an activating group) is 1. The number of nitrogens with zero attached hydrogens (tertiary/aromatic N) is 2. The van der Waals surface area contributed by atoms with Gasteiger partial charge in [0.1, 0.15) is 12.1 Å². The summed E-state index contributed by atoms with van der Waals surface area (Å²) in [7, 11) is -4.04. The Hall–Kier alpha value is -1.85. The molecule has 2 aliphatic rings. The van der Waals surface area contributed by atoms with Crippen molar-refractivity contribution in [2.45, 2.75) is 136 Å². The van der Waals surface area contributed by atoms with Crippen molar-refractivity contribution in [1.29, 1.82) is 0 Å². The Kier molecular flexibility index (Phi) is 17.7. The lowest BCUT2D eigenvalue weighted by Gasteiger charge is -2.34. The van der Waals surface area contributed by atoms with Crippen LogP contribution in [0.4, 0.5) is 0 Å². The van der Waals surface area contributed by atoms with E-state index in [1.807, 2.05) is 6.08 Å². The molecule has 0 aromatic heterocycles. The van der Waals surface area contributed by atoms with Crippen molar-refractivity contribution >= 4 is 39.6 Å². The molecule has 1 aliphatic heterocycles. The van der Waals surface area contributed by atoms with Crippen LogP contribution in [0.1, 0.15) is 124 Å². The normalized spacial score (nSPS) is 17.0. The molecule has 2 amide bonds. The second kappa shape index (κ2) is 20.3. The number of amides is 2. The van der Waals surface area contributed by atoms with Gasteiger partial charge in [0.25, 0.3) is 0 Å². The van der Waals surface area contributed by atoms with Gasteiger partial charge in [-0.25, -0.2) is 8.42 Å². The number of carbonyl (C=O) groups is 3. The minimum absolute atomic E-state index is 0.0655. The molecule has 0 spiro atoms. The van der Waals surface area contributed by atoms with Crippen molar-refractivity contribution < 1.29 is 27.9 Å². The summed E-state index contributed by atoms with van der Waals surface area (Å²) in [5, 5.41) is 12.1. The standard InChI is InChI=1S/C33H57N3O6S2/c1-5-7-8-9-10-11-12-13-14-19-24-43-28-20-15-16-21-29(28)44(41,42)36(6-2)31(26(3)4)32(39)34-27(25-30(37)38)33(40)35-22-17-18-23-35/h16,21,26-27,31H,5-15,17-20,22-25H2,1-4H3,(H,34,39)(H,37,38)/t27-,31?/m0/s1. The lowest BCUT2D eigenvalue weighted by atomic mass is 10.0. The Morgan fingerprint density at radius 1 is 0.977 bits per heavy atom. The van der Waals surface area contributed by atoms with E-state index in [1.165, 1.54) is 55.7 Å². The molecule has 2 rings (SSSR count). The number of rotatable bonds is 22. The first-order valence-corrected chi connectivity index (χ1v) is 19.3. The van der Waals surface area contributed by atoms with E-state index >= 15 is 0 Å². The molecule has 44 heavy (non-hydrogen) atoms. The summed E-state index contributed by atoms with van der Waals surface area (Å²) in [6, 6.07) is -2.34. The maximum Gasteiger partial charge on any atom is 0.305 e. The first-order valence-electron chi connectivity index (χ1n) is 16.9. The highest BCUT2D eigenvalue weighted by Crippen LogP contribution is 2.35. The molecule has 1 heterocycles. The van der Waals surface area contributed by atoms with Crippen LogP contribution in [0.5, 0.6) is 0 Å². The van der Waals surface area contributed by atoms with Gasteiger partial charge in [-0.15, -0.1) is 11.8 Å². The maximum atomic E-state index is 14.1. The van der Waals surface area contributed by atoms with E-state index in [2.05, 4.69) is 12.2 Å². The lowest BCUT2D eigenvalue weighted by molar-refractivity contribution is -0.143. The van der Waals surface area contributed by atoms with Gasteiger partial charge < -0.3 is 15.3 Å². The molecule has 1 aliphatic carbocycles. The van der Waals surface area contributed by atoms with Crippen molar-refractivity contribution in [3.05, 3.63) is 22.0 Å². The topological polar surface area (TPSA) is 124 Å². The van der Waals surface area contributed by atoms with Gasteiger partial charge >= 0.3 is 5.97 Å². The molecule has 0 aromatic carbocycles. The Morgan fingerprint density at radius 2 is 1.57 bits per heavy atom. The molecule has 1 saturated heterocycles. The number of carboxylic acid groups (broad SMARTS) is 1. The molecule has 1 fully saturated rings. The monoisotopic (exact) mass is 655 g/mol. The molecule has 0 saturated carbocycles. The first kappa shape index (κ1) is 38.3. The molecule has 9 nitrogen and oxygen atoms in total. The van der Waals surface area contributed by atoms with E-state index in [1.54, 1.807) is 43.5 Å². The number of thioether (sulfide) groups is 1. The minimum atomic E-state index is -4.04. The molecule has 1 unspecified atom stereocenters. The van der Waals surface area contributed by atoms with Crippen LogP contribution in [0.25, 0.3) is 0 Å². The van der Waals surface area contributed by atoms with Crippen LogP contribution in [0.2, 0.25) is 0 Å². The van der Waals surface area contributed by atoms with Crippen LogP contribution >= 0.6 is 11.8 Å². The number of aliphatic carboxylic acids is 1. The van der Waals surface area contributed by atoms with Crippen LogP contribution in [-0.2, 0) is 24.4 Å². The van der Waals surface area contributed by atoms with Crippen molar-refractivity contribution in [3.63, 3.8) is 0 Å². The third kappa shape index (κ3) is 12.2. The predicted octanol–water partition coefficient (Wildman–Crippen LogP) is 6.46. The van der Waals surface area contributed by atoms with Crippen molar-refractivity contribution in [2.24, 2.45) is 5.92 Å². The molecule has 252 valence electrons. The predicted molar refractivity (Wildman–Crippen MR) is 180 cm³/mol. The molecular weight excluding hydrogens is 599 g/mol. The lowest BCUT2D eigenvalue weighted by Crippen LogP contribution is -2.57. The van der Waals surface area contributed by atoms with E-state index in [4.69, 9.17) is 0 Å². The number of nitrogens with one attached hydrogen (secondary N) is 1. The molecule has 0 bridgehead atoms. The SMILES string of the molecule is CCCCCCCCCCCCSC1=C(S(=O)(=O)N(CC)C(C(=O)N[C@@H](CC(=O)O)C(=O)N2CCCC2)C(C)C)C=CCC1. The van der Waals surface area contributed by atoms with Crippen LogP contribution in [0.15, 0.2) is 22.0 Å². The number of allylic oxidation sites excluding steroid dienone is 3. The number of likely N-dealkylation sites (tertiary alicyclic amines) is 1. The van der Waals surface area contributed by atoms with E-state index in [0.29, 0.717) is 19.5 Å². The van der Waals surface area contributed by atoms with Gasteiger partial charge in [-0.3, -0.25) is 14.4 Å². The Labute approximate surface area is 270 Å². The van der Waals surface area contributed by atoms with Crippen molar-refractivity contribution in [1.82, 2.24) is 14.5 Å². The smallest absolute Gasteiger partial charge is 0.305 e. The van der Waals surface area contributed by atoms with Gasteiger partial charge in [-0.05, 0) is 49.9 Å². The van der Waals surface area contributed by atoms with E-state index in [0.717, 1.165) is 42.8 Å². The molecule has 2 N–H and O–H groups in total. The summed E-state index contributed by atoms with van der Waals surface area (Å²) < 4.78 is 29.5. The maximum absolute atomic E-state index is 14.1. The molecular formula is C33H57N3O6S2. The van der Waals surface area contributed by atoms with Gasteiger partial charge in [-0.2, -0.15) is 4.31 Å².